The number of rotatable bonds is 1. The zero-order valence-electron chi connectivity index (χ0n) is 5.53. The summed E-state index contributed by atoms with van der Waals surface area (Å²) in [5.41, 5.74) is 0.590. The van der Waals surface area contributed by atoms with Crippen LogP contribution in [0.5, 0.6) is 0 Å². The molecule has 0 aliphatic heterocycles. The summed E-state index contributed by atoms with van der Waals surface area (Å²) in [6, 6.07) is 0. The van der Waals surface area contributed by atoms with Crippen LogP contribution in [-0.4, -0.2) is 16.2 Å². The fourth-order valence-corrected chi connectivity index (χ4v) is 0.872. The summed E-state index contributed by atoms with van der Waals surface area (Å²) >= 11 is 1.53. The Morgan fingerprint density at radius 3 is 3.00 bits per heavy atom. The first-order valence-corrected chi connectivity index (χ1v) is 3.92. The Bertz CT molecular complexity index is 265. The minimum Gasteiger partial charge on any atom is -0.259 e. The van der Waals surface area contributed by atoms with Crippen LogP contribution < -0.4 is 0 Å². The molecular weight excluding hydrogens is 144 g/mol. The van der Waals surface area contributed by atoms with Gasteiger partial charge in [0.2, 0.25) is 0 Å². The number of hydrogen-bond acceptors (Lipinski definition) is 3. The zero-order chi connectivity index (χ0) is 7.40. The van der Waals surface area contributed by atoms with E-state index in [1.54, 1.807) is 12.4 Å². The number of hydrogen-bond donors (Lipinski definition) is 0. The van der Waals surface area contributed by atoms with Crippen LogP contribution in [0.25, 0.3) is 0 Å². The maximum absolute atomic E-state index is 5.11. The van der Waals surface area contributed by atoms with Gasteiger partial charge in [0, 0.05) is 0 Å². The molecule has 1 aromatic rings. The lowest BCUT2D eigenvalue weighted by Crippen LogP contribution is -1.85. The van der Waals surface area contributed by atoms with Gasteiger partial charge < -0.3 is 0 Å². The number of terminal acetylenes is 1. The smallest absolute Gasteiger partial charge is 0.132 e. The minimum absolute atomic E-state index is 0.590. The molecule has 0 amide bonds. The van der Waals surface area contributed by atoms with E-state index < -0.39 is 0 Å². The number of thioether (sulfide) groups is 1. The summed E-state index contributed by atoms with van der Waals surface area (Å²) in [6.07, 6.45) is 10.3. The summed E-state index contributed by atoms with van der Waals surface area (Å²) in [7, 11) is 0. The topological polar surface area (TPSA) is 25.8 Å². The molecule has 1 aromatic heterocycles. The molecule has 0 saturated heterocycles. The van der Waals surface area contributed by atoms with E-state index in [0.29, 0.717) is 5.69 Å². The van der Waals surface area contributed by atoms with E-state index in [1.807, 2.05) is 6.26 Å². The molecule has 0 aliphatic rings. The van der Waals surface area contributed by atoms with Crippen molar-refractivity contribution in [2.75, 3.05) is 6.26 Å². The molecule has 0 unspecified atom stereocenters. The van der Waals surface area contributed by atoms with Crippen LogP contribution in [0, 0.1) is 12.3 Å². The quantitative estimate of drug-likeness (QED) is 0.444. The van der Waals surface area contributed by atoms with Crippen LogP contribution >= 0.6 is 11.8 Å². The highest BCUT2D eigenvalue weighted by atomic mass is 32.2. The Labute approximate surface area is 64.1 Å². The van der Waals surface area contributed by atoms with Gasteiger partial charge in [0.05, 0.1) is 12.4 Å². The Balaban J connectivity index is 3.01. The second kappa shape index (κ2) is 3.23. The summed E-state index contributed by atoms with van der Waals surface area (Å²) in [5.74, 6) is 2.41. The van der Waals surface area contributed by atoms with E-state index in [1.165, 1.54) is 11.8 Å². The average molecular weight is 150 g/mol. The molecule has 0 atom stereocenters. The molecule has 0 aliphatic carbocycles. The summed E-state index contributed by atoms with van der Waals surface area (Å²) < 4.78 is 0. The normalized spacial score (nSPS) is 8.80. The van der Waals surface area contributed by atoms with E-state index in [-0.39, 0.29) is 0 Å². The van der Waals surface area contributed by atoms with Crippen LogP contribution in [-0.2, 0) is 0 Å². The van der Waals surface area contributed by atoms with E-state index in [0.717, 1.165) is 5.03 Å². The van der Waals surface area contributed by atoms with E-state index in [9.17, 15) is 0 Å². The van der Waals surface area contributed by atoms with Gasteiger partial charge in [0.1, 0.15) is 10.7 Å². The van der Waals surface area contributed by atoms with Crippen LogP contribution in [0.1, 0.15) is 5.69 Å². The number of aromatic nitrogens is 2. The molecule has 0 fully saturated rings. The van der Waals surface area contributed by atoms with Gasteiger partial charge in [-0.3, -0.25) is 4.98 Å². The van der Waals surface area contributed by atoms with Gasteiger partial charge in [-0.25, -0.2) is 4.98 Å². The van der Waals surface area contributed by atoms with Crippen molar-refractivity contribution in [1.29, 1.82) is 0 Å². The van der Waals surface area contributed by atoms with Gasteiger partial charge in [0.15, 0.2) is 0 Å². The maximum atomic E-state index is 5.11. The Hall–Kier alpha value is -1.01. The molecule has 10 heavy (non-hydrogen) atoms. The first-order chi connectivity index (χ1) is 4.86. The van der Waals surface area contributed by atoms with Crippen LogP contribution in [0.2, 0.25) is 0 Å². The second-order valence-corrected chi connectivity index (χ2v) is 2.42. The summed E-state index contributed by atoms with van der Waals surface area (Å²) in [6.45, 7) is 0. The third-order valence-electron chi connectivity index (χ3n) is 0.969. The zero-order valence-corrected chi connectivity index (χ0v) is 6.35. The summed E-state index contributed by atoms with van der Waals surface area (Å²) in [5, 5.41) is 0.857. The van der Waals surface area contributed by atoms with Crippen molar-refractivity contribution in [2.24, 2.45) is 0 Å². The van der Waals surface area contributed by atoms with Crippen molar-refractivity contribution in [1.82, 2.24) is 9.97 Å². The fourth-order valence-electron chi connectivity index (χ4n) is 0.516. The van der Waals surface area contributed by atoms with E-state index >= 15 is 0 Å². The molecule has 50 valence electrons. The van der Waals surface area contributed by atoms with Gasteiger partial charge >= 0.3 is 0 Å². The van der Waals surface area contributed by atoms with Gasteiger partial charge in [-0.2, -0.15) is 0 Å². The van der Waals surface area contributed by atoms with Crippen molar-refractivity contribution >= 4 is 11.8 Å². The Morgan fingerprint density at radius 2 is 2.40 bits per heavy atom. The second-order valence-electron chi connectivity index (χ2n) is 1.59. The van der Waals surface area contributed by atoms with Gasteiger partial charge in [-0.05, 0) is 12.2 Å². The molecule has 0 radical (unpaired) electrons. The Kier molecular flexibility index (Phi) is 2.30. The summed E-state index contributed by atoms with van der Waals surface area (Å²) in [4.78, 5) is 7.97. The largest absolute Gasteiger partial charge is 0.259 e. The third-order valence-corrected chi connectivity index (χ3v) is 1.58. The molecule has 0 spiro atoms. The van der Waals surface area contributed by atoms with E-state index in [2.05, 4.69) is 15.9 Å². The lowest BCUT2D eigenvalue weighted by Gasteiger charge is -1.92. The average Bonchev–Trinajstić information content (AvgIpc) is 2.05. The minimum atomic E-state index is 0.590. The molecular formula is C7H6N2S. The highest BCUT2D eigenvalue weighted by Crippen LogP contribution is 2.08. The standard InChI is InChI=1S/C7H6N2S/c1-3-6-4-8-5-7(9-6)10-2/h1,4-5H,2H3. The van der Waals surface area contributed by atoms with Gasteiger partial charge in [0.25, 0.3) is 0 Å². The first-order valence-electron chi connectivity index (χ1n) is 2.69. The molecule has 0 N–H and O–H groups in total. The van der Waals surface area contributed by atoms with Crippen LogP contribution in [0.3, 0.4) is 0 Å². The molecule has 1 heterocycles. The molecule has 0 saturated carbocycles. The first kappa shape index (κ1) is 7.10. The molecule has 0 aromatic carbocycles. The van der Waals surface area contributed by atoms with Gasteiger partial charge in [-0.1, -0.05) is 0 Å². The van der Waals surface area contributed by atoms with Crippen molar-refractivity contribution in [3.63, 3.8) is 0 Å². The molecule has 3 heteroatoms. The SMILES string of the molecule is C#Cc1cncc(SC)n1. The molecule has 2 nitrogen and oxygen atoms in total. The molecule has 1 rings (SSSR count). The van der Waals surface area contributed by atoms with Crippen molar-refractivity contribution in [3.05, 3.63) is 18.1 Å². The highest BCUT2D eigenvalue weighted by Gasteiger charge is 1.91. The van der Waals surface area contributed by atoms with Crippen molar-refractivity contribution in [3.8, 4) is 12.3 Å². The lowest BCUT2D eigenvalue weighted by atomic mass is 10.5. The lowest BCUT2D eigenvalue weighted by molar-refractivity contribution is 1.04. The number of nitrogens with zero attached hydrogens (tertiary/aromatic N) is 2. The third kappa shape index (κ3) is 1.49. The van der Waals surface area contributed by atoms with Crippen molar-refractivity contribution in [2.45, 2.75) is 5.03 Å². The van der Waals surface area contributed by atoms with Gasteiger partial charge in [-0.15, -0.1) is 18.2 Å². The maximum Gasteiger partial charge on any atom is 0.132 e. The van der Waals surface area contributed by atoms with Crippen molar-refractivity contribution < 1.29 is 0 Å². The monoisotopic (exact) mass is 150 g/mol. The van der Waals surface area contributed by atoms with E-state index in [4.69, 9.17) is 6.42 Å². The predicted molar refractivity (Wildman–Crippen MR) is 41.7 cm³/mol. The fraction of sp³-hybridized carbons (Fsp3) is 0.143. The highest BCUT2D eigenvalue weighted by molar-refractivity contribution is 7.98. The van der Waals surface area contributed by atoms with Crippen LogP contribution in [0.4, 0.5) is 0 Å². The molecule has 0 bridgehead atoms. The Morgan fingerprint density at radius 1 is 1.60 bits per heavy atom. The predicted octanol–water partition coefficient (Wildman–Crippen LogP) is 1.18. The van der Waals surface area contributed by atoms with Crippen LogP contribution in [0.15, 0.2) is 17.4 Å².